The van der Waals surface area contributed by atoms with Crippen LogP contribution in [0.2, 0.25) is 0 Å². The molecule has 3 amide bonds. The van der Waals surface area contributed by atoms with Crippen molar-refractivity contribution in [3.05, 3.63) is 0 Å². The van der Waals surface area contributed by atoms with Gasteiger partial charge in [-0.25, -0.2) is 4.79 Å². The molecule has 0 bridgehead atoms. The third-order valence-electron chi connectivity index (χ3n) is 8.11. The molecule has 11 nitrogen and oxygen atoms in total. The number of hydrogen-bond donors (Lipinski definition) is 1. The predicted molar refractivity (Wildman–Crippen MR) is 161 cm³/mol. The number of ether oxygens (including phenoxy) is 4. The molecule has 0 saturated carbocycles. The van der Waals surface area contributed by atoms with Crippen molar-refractivity contribution in [2.45, 2.75) is 124 Å². The lowest BCUT2D eigenvalue weighted by Crippen LogP contribution is -2.58. The third kappa shape index (κ3) is 10.4. The Morgan fingerprint density at radius 2 is 1.64 bits per heavy atom. The SMILES string of the molecule is CCOC(=O)[C@H](C)[C@@H](OC)[C@@H]1CCCN1C(=O)C[C@@H](OC)[C@H]([C@@H](C)CC)N(C)C(=O)[C@@H](NC(=O)OC(C)(C)C)C(C)C. The standard InChI is InChI=1S/C31H57N3O8/c1-13-20(5)26(33(10)28(36)25(19(3)4)32-30(38)42-31(7,8)9)23(39-11)18-24(35)34-17-15-16-22(34)27(40-12)21(6)29(37)41-14-2/h19-23,25-27H,13-18H2,1-12H3,(H,32,38)/t20-,21+,22-,23+,25-,26-,27+/m0/s1. The zero-order valence-corrected chi connectivity index (χ0v) is 28.0. The Morgan fingerprint density at radius 1 is 1.02 bits per heavy atom. The summed E-state index contributed by atoms with van der Waals surface area (Å²) in [6.07, 6.45) is 0.546. The van der Waals surface area contributed by atoms with Gasteiger partial charge in [0, 0.05) is 27.8 Å². The van der Waals surface area contributed by atoms with Gasteiger partial charge in [0.1, 0.15) is 11.6 Å². The number of carbonyl (C=O) groups excluding carboxylic acids is 4. The Kier molecular flexibility index (Phi) is 15.3. The molecule has 1 rings (SSSR count). The molecule has 1 heterocycles. The number of likely N-dealkylation sites (N-methyl/N-ethyl adjacent to an activating group) is 1. The molecule has 0 aromatic rings. The van der Waals surface area contributed by atoms with Gasteiger partial charge in [-0.15, -0.1) is 0 Å². The number of methoxy groups -OCH3 is 2. The van der Waals surface area contributed by atoms with Crippen molar-refractivity contribution >= 4 is 23.9 Å². The van der Waals surface area contributed by atoms with E-state index in [1.165, 1.54) is 0 Å². The van der Waals surface area contributed by atoms with Crippen molar-refractivity contribution < 1.29 is 38.1 Å². The Balaban J connectivity index is 3.20. The maximum absolute atomic E-state index is 13.8. The number of hydrogen-bond acceptors (Lipinski definition) is 8. The summed E-state index contributed by atoms with van der Waals surface area (Å²) >= 11 is 0. The number of amides is 3. The lowest BCUT2D eigenvalue weighted by Gasteiger charge is -2.40. The van der Waals surface area contributed by atoms with Crippen molar-refractivity contribution in [2.75, 3.05) is 34.4 Å². The van der Waals surface area contributed by atoms with Crippen LogP contribution in [-0.2, 0) is 33.3 Å². The molecule has 1 fully saturated rings. The summed E-state index contributed by atoms with van der Waals surface area (Å²) in [6, 6.07) is -1.53. The van der Waals surface area contributed by atoms with Gasteiger partial charge < -0.3 is 34.1 Å². The van der Waals surface area contributed by atoms with E-state index in [2.05, 4.69) is 5.32 Å². The summed E-state index contributed by atoms with van der Waals surface area (Å²) < 4.78 is 22.3. The molecule has 0 aromatic carbocycles. The summed E-state index contributed by atoms with van der Waals surface area (Å²) in [7, 11) is 4.80. The van der Waals surface area contributed by atoms with E-state index >= 15 is 0 Å². The molecule has 0 spiro atoms. The fourth-order valence-electron chi connectivity index (χ4n) is 5.73. The molecule has 0 aliphatic carbocycles. The average molecular weight is 600 g/mol. The summed E-state index contributed by atoms with van der Waals surface area (Å²) in [5.74, 6) is -1.49. The molecule has 1 saturated heterocycles. The van der Waals surface area contributed by atoms with Crippen LogP contribution in [-0.4, -0.2) is 104 Å². The third-order valence-corrected chi connectivity index (χ3v) is 8.11. The molecular formula is C31H57N3O8. The second-order valence-corrected chi connectivity index (χ2v) is 12.7. The first kappa shape index (κ1) is 37.6. The van der Waals surface area contributed by atoms with Crippen LogP contribution in [0.5, 0.6) is 0 Å². The van der Waals surface area contributed by atoms with E-state index in [4.69, 9.17) is 18.9 Å². The van der Waals surface area contributed by atoms with Crippen LogP contribution in [0.15, 0.2) is 0 Å². The molecule has 7 atom stereocenters. The first-order valence-electron chi connectivity index (χ1n) is 15.3. The van der Waals surface area contributed by atoms with Gasteiger partial charge in [-0.2, -0.15) is 0 Å². The highest BCUT2D eigenvalue weighted by molar-refractivity contribution is 5.86. The van der Waals surface area contributed by atoms with Gasteiger partial charge in [-0.05, 0) is 59.3 Å². The second kappa shape index (κ2) is 17.0. The molecule has 244 valence electrons. The van der Waals surface area contributed by atoms with Gasteiger partial charge in [0.2, 0.25) is 11.8 Å². The summed E-state index contributed by atoms with van der Waals surface area (Å²) in [6.45, 7) is 17.4. The second-order valence-electron chi connectivity index (χ2n) is 12.7. The van der Waals surface area contributed by atoms with E-state index < -0.39 is 41.9 Å². The van der Waals surface area contributed by atoms with Gasteiger partial charge in [0.05, 0.1) is 43.2 Å². The highest BCUT2D eigenvalue weighted by Crippen LogP contribution is 2.30. The summed E-state index contributed by atoms with van der Waals surface area (Å²) in [5.41, 5.74) is -0.704. The number of likely N-dealkylation sites (tertiary alicyclic amines) is 1. The Bertz CT molecular complexity index is 890. The number of rotatable bonds is 15. The minimum atomic E-state index is -0.820. The largest absolute Gasteiger partial charge is 0.466 e. The average Bonchev–Trinajstić information content (AvgIpc) is 3.39. The summed E-state index contributed by atoms with van der Waals surface area (Å²) in [5, 5.41) is 2.74. The molecule has 0 aromatic heterocycles. The smallest absolute Gasteiger partial charge is 0.408 e. The van der Waals surface area contributed by atoms with Crippen molar-refractivity contribution in [2.24, 2.45) is 17.8 Å². The number of carbonyl (C=O) groups is 4. The fourth-order valence-corrected chi connectivity index (χ4v) is 5.73. The first-order valence-corrected chi connectivity index (χ1v) is 15.3. The number of nitrogens with one attached hydrogen (secondary N) is 1. The zero-order chi connectivity index (χ0) is 32.4. The molecular weight excluding hydrogens is 542 g/mol. The topological polar surface area (TPSA) is 124 Å². The van der Waals surface area contributed by atoms with Gasteiger partial charge in [-0.1, -0.05) is 34.1 Å². The van der Waals surface area contributed by atoms with Crippen LogP contribution in [0.3, 0.4) is 0 Å². The van der Waals surface area contributed by atoms with Crippen LogP contribution < -0.4 is 5.32 Å². The molecule has 1 aliphatic heterocycles. The minimum absolute atomic E-state index is 0.00373. The van der Waals surface area contributed by atoms with E-state index in [-0.39, 0.29) is 48.7 Å². The van der Waals surface area contributed by atoms with Gasteiger partial charge in [0.15, 0.2) is 0 Å². The van der Waals surface area contributed by atoms with Crippen LogP contribution in [0.25, 0.3) is 0 Å². The lowest BCUT2D eigenvalue weighted by molar-refractivity contribution is -0.156. The lowest BCUT2D eigenvalue weighted by atomic mass is 9.89. The molecule has 0 unspecified atom stereocenters. The van der Waals surface area contributed by atoms with E-state index in [1.54, 1.807) is 65.7 Å². The van der Waals surface area contributed by atoms with E-state index in [9.17, 15) is 19.2 Å². The maximum atomic E-state index is 13.8. The fraction of sp³-hybridized carbons (Fsp3) is 0.871. The Morgan fingerprint density at radius 3 is 2.12 bits per heavy atom. The van der Waals surface area contributed by atoms with Crippen LogP contribution in [0.1, 0.15) is 88.0 Å². The maximum Gasteiger partial charge on any atom is 0.408 e. The Labute approximate surface area is 253 Å². The number of nitrogens with zero attached hydrogens (tertiary/aromatic N) is 2. The van der Waals surface area contributed by atoms with E-state index in [1.807, 2.05) is 27.7 Å². The van der Waals surface area contributed by atoms with Gasteiger partial charge in [0.25, 0.3) is 0 Å². The van der Waals surface area contributed by atoms with Crippen molar-refractivity contribution in [3.63, 3.8) is 0 Å². The van der Waals surface area contributed by atoms with Crippen molar-refractivity contribution in [1.29, 1.82) is 0 Å². The molecule has 0 radical (unpaired) electrons. The predicted octanol–water partition coefficient (Wildman–Crippen LogP) is 4.02. The number of esters is 1. The highest BCUT2D eigenvalue weighted by Gasteiger charge is 2.43. The first-order chi connectivity index (χ1) is 19.5. The minimum Gasteiger partial charge on any atom is -0.466 e. The van der Waals surface area contributed by atoms with Crippen LogP contribution in [0, 0.1) is 17.8 Å². The number of alkyl carbamates (subject to hydrolysis) is 1. The Hall–Kier alpha value is -2.40. The van der Waals surface area contributed by atoms with E-state index in [0.717, 1.165) is 12.8 Å². The van der Waals surface area contributed by atoms with E-state index in [0.29, 0.717) is 13.0 Å². The monoisotopic (exact) mass is 599 g/mol. The molecule has 1 aliphatic rings. The molecule has 42 heavy (non-hydrogen) atoms. The molecule has 11 heteroatoms. The zero-order valence-electron chi connectivity index (χ0n) is 28.0. The molecule has 1 N–H and O–H groups in total. The van der Waals surface area contributed by atoms with Crippen molar-refractivity contribution in [1.82, 2.24) is 15.1 Å². The van der Waals surface area contributed by atoms with Gasteiger partial charge in [-0.3, -0.25) is 14.4 Å². The summed E-state index contributed by atoms with van der Waals surface area (Å²) in [4.78, 5) is 56.1. The van der Waals surface area contributed by atoms with Crippen molar-refractivity contribution in [3.8, 4) is 0 Å². The highest BCUT2D eigenvalue weighted by atomic mass is 16.6. The van der Waals surface area contributed by atoms with Gasteiger partial charge >= 0.3 is 12.1 Å². The quantitative estimate of drug-likeness (QED) is 0.280. The normalized spacial score (nSPS) is 19.8. The van der Waals surface area contributed by atoms with Crippen LogP contribution >= 0.6 is 0 Å². The van der Waals surface area contributed by atoms with Crippen LogP contribution in [0.4, 0.5) is 4.79 Å².